The largest absolute Gasteiger partial charge is 0.481 e. The fourth-order valence-corrected chi connectivity index (χ4v) is 4.99. The molecule has 1 saturated heterocycles. The Labute approximate surface area is 236 Å². The number of pyridine rings is 1. The number of nitrogens with one attached hydrogen (secondary N) is 1. The van der Waals surface area contributed by atoms with E-state index in [-0.39, 0.29) is 57.1 Å². The molecule has 13 nitrogen and oxygen atoms in total. The van der Waals surface area contributed by atoms with Crippen molar-refractivity contribution in [1.82, 2.24) is 20.1 Å². The fourth-order valence-electron chi connectivity index (χ4n) is 4.99. The van der Waals surface area contributed by atoms with Crippen LogP contribution in [0.4, 0.5) is 4.79 Å². The minimum Gasteiger partial charge on any atom is -0.481 e. The van der Waals surface area contributed by atoms with Crippen molar-refractivity contribution in [2.24, 2.45) is 0 Å². The van der Waals surface area contributed by atoms with Crippen molar-refractivity contribution >= 4 is 40.7 Å². The molecule has 1 aliphatic carbocycles. The van der Waals surface area contributed by atoms with Crippen molar-refractivity contribution in [3.05, 3.63) is 35.5 Å². The number of fused-ring (bicyclic) bond motifs is 1. The molecule has 2 heterocycles. The standard InChI is InChI=1S/C28H34N4O9/c1-3-40-27(39)32-14-12-31(13-15-32)25(36)19(8-9-22(33)34)30-24(35)20-16-21(41-28(26(37)38)10-5-11-28)23-17(2)6-4-7-18(23)29-20/h4,6-7,16,19H,3,5,8-15H2,1-2H3,(H,30,35)(H,33,34)(H,37,38). The van der Waals surface area contributed by atoms with Crippen molar-refractivity contribution in [1.29, 1.82) is 0 Å². The van der Waals surface area contributed by atoms with Crippen LogP contribution >= 0.6 is 0 Å². The number of amides is 3. The first-order chi connectivity index (χ1) is 19.5. The number of piperazine rings is 1. The third kappa shape index (κ3) is 6.50. The molecule has 3 amide bonds. The smallest absolute Gasteiger partial charge is 0.409 e. The van der Waals surface area contributed by atoms with Gasteiger partial charge in [-0.05, 0) is 51.2 Å². The lowest BCUT2D eigenvalue weighted by atomic mass is 9.80. The Bertz CT molecular complexity index is 1350. The van der Waals surface area contributed by atoms with Gasteiger partial charge in [-0.25, -0.2) is 14.6 Å². The number of aryl methyl sites for hydroxylation is 1. The molecular weight excluding hydrogens is 536 g/mol. The number of hydrogen-bond acceptors (Lipinski definition) is 8. The molecule has 1 atom stereocenters. The van der Waals surface area contributed by atoms with E-state index in [0.717, 1.165) is 5.56 Å². The van der Waals surface area contributed by atoms with Crippen LogP contribution in [0.2, 0.25) is 0 Å². The molecule has 0 radical (unpaired) electrons. The minimum atomic E-state index is -1.39. The van der Waals surface area contributed by atoms with Crippen LogP contribution < -0.4 is 10.1 Å². The van der Waals surface area contributed by atoms with E-state index in [9.17, 15) is 34.2 Å². The molecule has 2 fully saturated rings. The predicted molar refractivity (Wildman–Crippen MR) is 145 cm³/mol. The highest BCUT2D eigenvalue weighted by molar-refractivity contribution is 6.00. The molecule has 1 saturated carbocycles. The summed E-state index contributed by atoms with van der Waals surface area (Å²) in [4.78, 5) is 69.5. The first kappa shape index (κ1) is 29.6. The number of rotatable bonds is 10. The highest BCUT2D eigenvalue weighted by atomic mass is 16.6. The van der Waals surface area contributed by atoms with Gasteiger partial charge in [-0.2, -0.15) is 0 Å². The van der Waals surface area contributed by atoms with Crippen LogP contribution in [0.5, 0.6) is 5.75 Å². The Morgan fingerprint density at radius 1 is 1.07 bits per heavy atom. The molecule has 1 aromatic heterocycles. The van der Waals surface area contributed by atoms with Crippen LogP contribution in [0, 0.1) is 6.92 Å². The number of carboxylic acid groups (broad SMARTS) is 2. The first-order valence-electron chi connectivity index (χ1n) is 13.6. The molecule has 3 N–H and O–H groups in total. The highest BCUT2D eigenvalue weighted by Crippen LogP contribution is 2.40. The monoisotopic (exact) mass is 570 g/mol. The lowest BCUT2D eigenvalue weighted by molar-refractivity contribution is -0.163. The summed E-state index contributed by atoms with van der Waals surface area (Å²) >= 11 is 0. The zero-order chi connectivity index (χ0) is 29.7. The summed E-state index contributed by atoms with van der Waals surface area (Å²) in [6.07, 6.45) is 0.361. The van der Waals surface area contributed by atoms with E-state index in [0.29, 0.717) is 30.2 Å². The zero-order valence-corrected chi connectivity index (χ0v) is 23.1. The number of ether oxygens (including phenoxy) is 2. The van der Waals surface area contributed by atoms with Crippen LogP contribution in [0.25, 0.3) is 10.9 Å². The lowest BCUT2D eigenvalue weighted by Gasteiger charge is -2.38. The minimum absolute atomic E-state index is 0.0989. The topological polar surface area (TPSA) is 176 Å². The number of carbonyl (C=O) groups is 5. The maximum absolute atomic E-state index is 13.4. The quantitative estimate of drug-likeness (QED) is 0.384. The number of carboxylic acids is 2. The molecule has 1 unspecified atom stereocenters. The van der Waals surface area contributed by atoms with Crippen molar-refractivity contribution in [3.8, 4) is 5.75 Å². The molecule has 41 heavy (non-hydrogen) atoms. The van der Waals surface area contributed by atoms with Gasteiger partial charge in [-0.15, -0.1) is 0 Å². The Morgan fingerprint density at radius 3 is 2.34 bits per heavy atom. The SMILES string of the molecule is CCOC(=O)N1CCN(C(=O)C(CCC(=O)O)NC(=O)c2cc(OC3(C(=O)O)CCC3)c3c(C)cccc3n2)CC1. The van der Waals surface area contributed by atoms with Crippen molar-refractivity contribution in [2.45, 2.75) is 57.6 Å². The Hall–Kier alpha value is -4.42. The van der Waals surface area contributed by atoms with Crippen LogP contribution in [0.1, 0.15) is 55.1 Å². The van der Waals surface area contributed by atoms with E-state index in [1.54, 1.807) is 19.1 Å². The average molecular weight is 571 g/mol. The molecule has 2 aromatic rings. The van der Waals surface area contributed by atoms with E-state index < -0.39 is 41.5 Å². The molecule has 1 aromatic carbocycles. The van der Waals surface area contributed by atoms with E-state index in [2.05, 4.69) is 10.3 Å². The van der Waals surface area contributed by atoms with E-state index >= 15 is 0 Å². The van der Waals surface area contributed by atoms with Crippen LogP contribution in [0.15, 0.2) is 24.3 Å². The molecule has 0 bridgehead atoms. The predicted octanol–water partition coefficient (Wildman–Crippen LogP) is 2.19. The first-order valence-corrected chi connectivity index (χ1v) is 13.6. The van der Waals surface area contributed by atoms with Gasteiger partial charge in [0.2, 0.25) is 11.5 Å². The van der Waals surface area contributed by atoms with Gasteiger partial charge >= 0.3 is 18.0 Å². The number of benzene rings is 1. The zero-order valence-electron chi connectivity index (χ0n) is 23.1. The van der Waals surface area contributed by atoms with Gasteiger partial charge < -0.3 is 34.8 Å². The number of aliphatic carboxylic acids is 2. The summed E-state index contributed by atoms with van der Waals surface area (Å²) in [5, 5.41) is 22.3. The van der Waals surface area contributed by atoms with Gasteiger partial charge in [-0.1, -0.05) is 12.1 Å². The maximum Gasteiger partial charge on any atom is 0.409 e. The Balaban J connectivity index is 1.57. The fraction of sp³-hybridized carbons (Fsp3) is 0.500. The second kappa shape index (κ2) is 12.4. The third-order valence-electron chi connectivity index (χ3n) is 7.46. The second-order valence-corrected chi connectivity index (χ2v) is 10.2. The van der Waals surface area contributed by atoms with Crippen LogP contribution in [-0.4, -0.2) is 99.3 Å². The van der Waals surface area contributed by atoms with E-state index in [1.807, 2.05) is 13.0 Å². The van der Waals surface area contributed by atoms with Gasteiger partial charge in [0.15, 0.2) is 0 Å². The summed E-state index contributed by atoms with van der Waals surface area (Å²) in [5.41, 5.74) is -0.293. The van der Waals surface area contributed by atoms with Gasteiger partial charge in [-0.3, -0.25) is 14.4 Å². The molecule has 4 rings (SSSR count). The van der Waals surface area contributed by atoms with Gasteiger partial charge in [0.1, 0.15) is 17.5 Å². The summed E-state index contributed by atoms with van der Waals surface area (Å²) in [5.74, 6) is -3.22. The molecule has 2 aliphatic rings. The number of carbonyl (C=O) groups excluding carboxylic acids is 3. The summed E-state index contributed by atoms with van der Waals surface area (Å²) < 4.78 is 11.0. The highest BCUT2D eigenvalue weighted by Gasteiger charge is 2.47. The van der Waals surface area contributed by atoms with Gasteiger partial charge in [0, 0.05) is 44.1 Å². The van der Waals surface area contributed by atoms with Crippen LogP contribution in [-0.2, 0) is 19.1 Å². The van der Waals surface area contributed by atoms with E-state index in [1.165, 1.54) is 15.9 Å². The number of aromatic nitrogens is 1. The van der Waals surface area contributed by atoms with Crippen molar-refractivity contribution in [2.75, 3.05) is 32.8 Å². The molecule has 0 spiro atoms. The lowest BCUT2D eigenvalue weighted by Crippen LogP contribution is -2.56. The Morgan fingerprint density at radius 2 is 1.76 bits per heavy atom. The number of hydrogen-bond donors (Lipinski definition) is 3. The molecule has 13 heteroatoms. The maximum atomic E-state index is 13.4. The molecule has 1 aliphatic heterocycles. The average Bonchev–Trinajstić information content (AvgIpc) is 2.92. The summed E-state index contributed by atoms with van der Waals surface area (Å²) in [6.45, 7) is 4.62. The summed E-state index contributed by atoms with van der Waals surface area (Å²) in [7, 11) is 0. The third-order valence-corrected chi connectivity index (χ3v) is 7.46. The van der Waals surface area contributed by atoms with Gasteiger partial charge in [0.25, 0.3) is 5.91 Å². The van der Waals surface area contributed by atoms with Crippen LogP contribution in [0.3, 0.4) is 0 Å². The Kier molecular flexibility index (Phi) is 8.94. The normalized spacial score (nSPS) is 16.8. The van der Waals surface area contributed by atoms with Crippen molar-refractivity contribution < 1.29 is 43.7 Å². The van der Waals surface area contributed by atoms with Crippen molar-refractivity contribution in [3.63, 3.8) is 0 Å². The summed E-state index contributed by atoms with van der Waals surface area (Å²) in [6, 6.07) is 5.46. The molecular formula is C28H34N4O9. The number of nitrogens with zero attached hydrogens (tertiary/aromatic N) is 3. The second-order valence-electron chi connectivity index (χ2n) is 10.2. The van der Waals surface area contributed by atoms with E-state index in [4.69, 9.17) is 9.47 Å². The molecule has 220 valence electrons. The van der Waals surface area contributed by atoms with Gasteiger partial charge in [0.05, 0.1) is 12.1 Å².